The molecule has 0 bridgehead atoms. The first kappa shape index (κ1) is 22.5. The van der Waals surface area contributed by atoms with Crippen molar-refractivity contribution in [3.63, 3.8) is 0 Å². The molecule has 9 nitrogen and oxygen atoms in total. The highest BCUT2D eigenvalue weighted by Gasteiger charge is 2.16. The van der Waals surface area contributed by atoms with Crippen molar-refractivity contribution in [2.45, 2.75) is 6.92 Å². The molecule has 33 heavy (non-hydrogen) atoms. The van der Waals surface area contributed by atoms with E-state index in [-0.39, 0.29) is 6.03 Å². The van der Waals surface area contributed by atoms with Crippen molar-refractivity contribution < 1.29 is 23.7 Å². The van der Waals surface area contributed by atoms with Crippen LogP contribution in [-0.2, 0) is 4.74 Å². The number of urea groups is 1. The number of hydrogen-bond acceptors (Lipinski definition) is 7. The molecule has 0 radical (unpaired) electrons. The zero-order valence-electron chi connectivity index (χ0n) is 19.2. The third kappa shape index (κ3) is 4.88. The molecule has 1 saturated heterocycles. The molecule has 0 atom stereocenters. The zero-order chi connectivity index (χ0) is 23.4. The Morgan fingerprint density at radius 2 is 1.61 bits per heavy atom. The van der Waals surface area contributed by atoms with Gasteiger partial charge in [-0.05, 0) is 36.8 Å². The number of aromatic nitrogens is 1. The number of nitrogens with zero attached hydrogens (tertiary/aromatic N) is 2. The van der Waals surface area contributed by atoms with Gasteiger partial charge in [0.05, 0.1) is 45.7 Å². The maximum Gasteiger partial charge on any atom is 0.323 e. The van der Waals surface area contributed by atoms with Crippen LogP contribution in [0.4, 0.5) is 22.0 Å². The topological polar surface area (TPSA) is 94.2 Å². The van der Waals surface area contributed by atoms with Gasteiger partial charge in [0.2, 0.25) is 5.75 Å². The number of aryl methyl sites for hydroxylation is 1. The van der Waals surface area contributed by atoms with Gasteiger partial charge in [0.1, 0.15) is 5.82 Å². The highest BCUT2D eigenvalue weighted by atomic mass is 16.5. The molecule has 1 aromatic heterocycles. The number of carbonyl (C=O) groups excluding carboxylic acids is 1. The number of ether oxygens (including phenoxy) is 4. The molecule has 0 aliphatic carbocycles. The predicted octanol–water partition coefficient (Wildman–Crippen LogP) is 4.05. The Hall–Kier alpha value is -3.72. The Balaban J connectivity index is 1.52. The van der Waals surface area contributed by atoms with Crippen LogP contribution in [0.15, 0.2) is 36.4 Å². The van der Waals surface area contributed by atoms with E-state index in [9.17, 15) is 4.79 Å². The van der Waals surface area contributed by atoms with Gasteiger partial charge in [0, 0.05) is 36.3 Å². The molecule has 1 aliphatic rings. The number of anilines is 3. The summed E-state index contributed by atoms with van der Waals surface area (Å²) in [6.45, 7) is 5.14. The fourth-order valence-electron chi connectivity index (χ4n) is 3.86. The number of nitrogens with one attached hydrogen (secondary N) is 2. The van der Waals surface area contributed by atoms with Gasteiger partial charge in [-0.1, -0.05) is 0 Å². The van der Waals surface area contributed by atoms with E-state index in [1.807, 2.05) is 25.1 Å². The highest BCUT2D eigenvalue weighted by molar-refractivity contribution is 6.01. The van der Waals surface area contributed by atoms with Crippen molar-refractivity contribution >= 4 is 34.1 Å². The Morgan fingerprint density at radius 1 is 0.939 bits per heavy atom. The van der Waals surface area contributed by atoms with Crippen molar-refractivity contribution in [2.75, 3.05) is 63.2 Å². The van der Waals surface area contributed by atoms with Crippen LogP contribution < -0.4 is 29.7 Å². The fraction of sp³-hybridized carbons (Fsp3) is 0.333. The van der Waals surface area contributed by atoms with Crippen LogP contribution in [-0.4, -0.2) is 58.6 Å². The van der Waals surface area contributed by atoms with Gasteiger partial charge in [0.15, 0.2) is 11.5 Å². The van der Waals surface area contributed by atoms with Crippen LogP contribution >= 0.6 is 0 Å². The van der Waals surface area contributed by atoms with E-state index < -0.39 is 0 Å². The first-order valence-electron chi connectivity index (χ1n) is 10.6. The summed E-state index contributed by atoms with van der Waals surface area (Å²) in [4.78, 5) is 19.7. The smallest absolute Gasteiger partial charge is 0.323 e. The molecule has 0 saturated carbocycles. The maximum absolute atomic E-state index is 12.6. The lowest BCUT2D eigenvalue weighted by Gasteiger charge is -2.28. The van der Waals surface area contributed by atoms with Crippen LogP contribution in [0.2, 0.25) is 0 Å². The quantitative estimate of drug-likeness (QED) is 0.583. The lowest BCUT2D eigenvalue weighted by molar-refractivity contribution is 0.122. The SMILES string of the molecule is COc1cc(NC(=O)Nc2ccc3nc(N4CCOCC4)cc(C)c3c2)cc(OC)c1OC. The molecule has 174 valence electrons. The second kappa shape index (κ2) is 9.83. The lowest BCUT2D eigenvalue weighted by atomic mass is 10.1. The van der Waals surface area contributed by atoms with Gasteiger partial charge in [-0.15, -0.1) is 0 Å². The van der Waals surface area contributed by atoms with Crippen LogP contribution in [0.3, 0.4) is 0 Å². The third-order valence-corrected chi connectivity index (χ3v) is 5.52. The number of morpholine rings is 1. The van der Waals surface area contributed by atoms with E-state index in [1.54, 1.807) is 12.1 Å². The van der Waals surface area contributed by atoms with Crippen molar-refractivity contribution in [1.29, 1.82) is 0 Å². The molecule has 2 heterocycles. The molecular weight excluding hydrogens is 424 g/mol. The van der Waals surface area contributed by atoms with E-state index >= 15 is 0 Å². The average molecular weight is 453 g/mol. The summed E-state index contributed by atoms with van der Waals surface area (Å²) in [7, 11) is 4.58. The highest BCUT2D eigenvalue weighted by Crippen LogP contribution is 2.40. The van der Waals surface area contributed by atoms with Crippen LogP contribution in [0, 0.1) is 6.92 Å². The van der Waals surface area contributed by atoms with Gasteiger partial charge < -0.3 is 34.5 Å². The summed E-state index contributed by atoms with van der Waals surface area (Å²) in [5, 5.41) is 6.66. The summed E-state index contributed by atoms with van der Waals surface area (Å²) in [5.74, 6) is 2.32. The number of fused-ring (bicyclic) bond motifs is 1. The van der Waals surface area contributed by atoms with Crippen LogP contribution in [0.5, 0.6) is 17.2 Å². The first-order chi connectivity index (χ1) is 16.0. The summed E-state index contributed by atoms with van der Waals surface area (Å²) < 4.78 is 21.4. The number of rotatable bonds is 6. The van der Waals surface area contributed by atoms with E-state index in [4.69, 9.17) is 23.9 Å². The maximum atomic E-state index is 12.6. The third-order valence-electron chi connectivity index (χ3n) is 5.52. The van der Waals surface area contributed by atoms with E-state index in [0.717, 1.165) is 35.4 Å². The van der Waals surface area contributed by atoms with Crippen molar-refractivity contribution in [3.8, 4) is 17.2 Å². The standard InChI is InChI=1S/C24H28N4O5/c1-15-11-22(28-7-9-33-10-8-28)27-19-6-5-16(12-18(15)19)25-24(29)26-17-13-20(30-2)23(32-4)21(14-17)31-3/h5-6,11-14H,7-10H2,1-4H3,(H2,25,26,29). The van der Waals surface area contributed by atoms with E-state index in [0.29, 0.717) is 41.8 Å². The number of benzene rings is 2. The predicted molar refractivity (Wildman–Crippen MR) is 128 cm³/mol. The monoisotopic (exact) mass is 452 g/mol. The van der Waals surface area contributed by atoms with Crippen molar-refractivity contribution in [3.05, 3.63) is 42.0 Å². The van der Waals surface area contributed by atoms with Gasteiger partial charge in [0.25, 0.3) is 0 Å². The molecule has 2 aromatic carbocycles. The second-order valence-electron chi connectivity index (χ2n) is 7.62. The fourth-order valence-corrected chi connectivity index (χ4v) is 3.86. The first-order valence-corrected chi connectivity index (χ1v) is 10.6. The number of amides is 2. The number of pyridine rings is 1. The molecule has 9 heteroatoms. The Labute approximate surface area is 192 Å². The van der Waals surface area contributed by atoms with Gasteiger partial charge in [-0.25, -0.2) is 9.78 Å². The minimum absolute atomic E-state index is 0.390. The number of methoxy groups -OCH3 is 3. The summed E-state index contributed by atoms with van der Waals surface area (Å²) in [6.07, 6.45) is 0. The Bertz CT molecular complexity index is 1140. The summed E-state index contributed by atoms with van der Waals surface area (Å²) in [6, 6.07) is 10.7. The summed E-state index contributed by atoms with van der Waals surface area (Å²) in [5.41, 5.74) is 3.15. The van der Waals surface area contributed by atoms with Gasteiger partial charge in [-0.3, -0.25) is 0 Å². The minimum atomic E-state index is -0.390. The molecule has 1 fully saturated rings. The molecule has 2 N–H and O–H groups in total. The van der Waals surface area contributed by atoms with Gasteiger partial charge in [-0.2, -0.15) is 0 Å². The molecule has 0 spiro atoms. The van der Waals surface area contributed by atoms with Gasteiger partial charge >= 0.3 is 6.03 Å². The van der Waals surface area contributed by atoms with E-state index in [2.05, 4.69) is 21.6 Å². The number of carbonyl (C=O) groups is 1. The van der Waals surface area contributed by atoms with Crippen molar-refractivity contribution in [1.82, 2.24) is 4.98 Å². The molecule has 2 amide bonds. The van der Waals surface area contributed by atoms with Crippen LogP contribution in [0.25, 0.3) is 10.9 Å². The number of hydrogen-bond donors (Lipinski definition) is 2. The Morgan fingerprint density at radius 3 is 2.24 bits per heavy atom. The minimum Gasteiger partial charge on any atom is -0.493 e. The Kier molecular flexibility index (Phi) is 6.69. The summed E-state index contributed by atoms with van der Waals surface area (Å²) >= 11 is 0. The average Bonchev–Trinajstić information content (AvgIpc) is 2.84. The lowest BCUT2D eigenvalue weighted by Crippen LogP contribution is -2.36. The molecular formula is C24H28N4O5. The molecule has 1 aliphatic heterocycles. The zero-order valence-corrected chi connectivity index (χ0v) is 19.2. The van der Waals surface area contributed by atoms with E-state index in [1.165, 1.54) is 21.3 Å². The largest absolute Gasteiger partial charge is 0.493 e. The van der Waals surface area contributed by atoms with Crippen molar-refractivity contribution in [2.24, 2.45) is 0 Å². The molecule has 3 aromatic rings. The molecule has 4 rings (SSSR count). The normalized spacial score (nSPS) is 13.5. The second-order valence-corrected chi connectivity index (χ2v) is 7.62. The molecule has 0 unspecified atom stereocenters. The van der Waals surface area contributed by atoms with Crippen LogP contribution in [0.1, 0.15) is 5.56 Å².